The van der Waals surface area contributed by atoms with Crippen LogP contribution in [0.15, 0.2) is 0 Å². The Morgan fingerprint density at radius 2 is 1.64 bits per heavy atom. The van der Waals surface area contributed by atoms with E-state index in [0.29, 0.717) is 5.06 Å². The highest BCUT2D eigenvalue weighted by Crippen LogP contribution is 2.18. The van der Waals surface area contributed by atoms with Gasteiger partial charge in [0.2, 0.25) is 0 Å². The lowest BCUT2D eigenvalue weighted by molar-refractivity contribution is -0.180. The summed E-state index contributed by atoms with van der Waals surface area (Å²) in [5.74, 6) is -1.16. The topological polar surface area (TPSA) is 102 Å². The number of carbonyl (C=O) groups is 4. The predicted molar refractivity (Wildman–Crippen MR) is 70.2 cm³/mol. The molecule has 0 radical (unpaired) electrons. The van der Waals surface area contributed by atoms with E-state index in [1.807, 2.05) is 0 Å². The molecule has 0 aliphatic carbocycles. The fraction of sp³-hybridized carbons (Fsp3) is 0.692. The van der Waals surface area contributed by atoms with Gasteiger partial charge < -0.3 is 14.4 Å². The maximum absolute atomic E-state index is 11.7. The van der Waals surface area contributed by atoms with Crippen LogP contribution >= 0.6 is 0 Å². The number of rotatable bonds is 2. The third-order valence-corrected chi connectivity index (χ3v) is 2.93. The maximum atomic E-state index is 11.7. The molecule has 0 aromatic heterocycles. The van der Waals surface area contributed by atoms with Gasteiger partial charge in [0.05, 0.1) is 13.1 Å². The molecule has 2 saturated heterocycles. The van der Waals surface area contributed by atoms with Crippen LogP contribution in [0.1, 0.15) is 33.6 Å². The van der Waals surface area contributed by atoms with Crippen molar-refractivity contribution in [2.24, 2.45) is 0 Å². The number of ether oxygens (including phenoxy) is 2. The zero-order chi connectivity index (χ0) is 16.5. The molecule has 0 aromatic rings. The minimum absolute atomic E-state index is 0.0158. The van der Waals surface area contributed by atoms with E-state index in [4.69, 9.17) is 9.47 Å². The summed E-state index contributed by atoms with van der Waals surface area (Å²) < 4.78 is 10.0. The number of nitrogens with zero attached hydrogens (tertiary/aromatic N) is 2. The van der Waals surface area contributed by atoms with Gasteiger partial charge in [0.15, 0.2) is 0 Å². The summed E-state index contributed by atoms with van der Waals surface area (Å²) in [6, 6.07) is 0. The number of likely N-dealkylation sites (tertiary alicyclic amines) is 1. The Kier molecular flexibility index (Phi) is 4.25. The fourth-order valence-electron chi connectivity index (χ4n) is 1.88. The third kappa shape index (κ3) is 3.86. The minimum atomic E-state index is -1.14. The molecule has 2 rings (SSSR count). The summed E-state index contributed by atoms with van der Waals surface area (Å²) in [6.07, 6.45) is -2.15. The van der Waals surface area contributed by atoms with Crippen LogP contribution in [-0.2, 0) is 23.9 Å². The molecule has 0 spiro atoms. The van der Waals surface area contributed by atoms with E-state index in [2.05, 4.69) is 4.84 Å². The normalized spacial score (nSPS) is 19.0. The van der Waals surface area contributed by atoms with Crippen LogP contribution in [0.4, 0.5) is 9.59 Å². The van der Waals surface area contributed by atoms with Crippen molar-refractivity contribution >= 4 is 24.1 Å². The van der Waals surface area contributed by atoms with Gasteiger partial charge in [-0.2, -0.15) is 0 Å². The van der Waals surface area contributed by atoms with Gasteiger partial charge in [-0.15, -0.1) is 0 Å². The molecule has 2 aliphatic heterocycles. The Morgan fingerprint density at radius 1 is 1.09 bits per heavy atom. The highest BCUT2D eigenvalue weighted by Gasteiger charge is 2.38. The molecule has 3 amide bonds. The zero-order valence-electron chi connectivity index (χ0n) is 12.7. The Hall–Kier alpha value is -2.32. The number of hydroxylamine groups is 2. The van der Waals surface area contributed by atoms with Gasteiger partial charge in [-0.05, 0) is 20.8 Å². The Balaban J connectivity index is 1.71. The number of hydrogen-bond acceptors (Lipinski definition) is 7. The zero-order valence-corrected chi connectivity index (χ0v) is 12.7. The largest absolute Gasteiger partial charge is 0.534 e. The van der Waals surface area contributed by atoms with Crippen molar-refractivity contribution in [3.05, 3.63) is 0 Å². The Bertz CT molecular complexity index is 489. The maximum Gasteiger partial charge on any atom is 0.534 e. The summed E-state index contributed by atoms with van der Waals surface area (Å²) in [4.78, 5) is 51.6. The lowest BCUT2D eigenvalue weighted by Crippen LogP contribution is -2.56. The van der Waals surface area contributed by atoms with Crippen molar-refractivity contribution in [2.75, 3.05) is 13.1 Å². The minimum Gasteiger partial charge on any atom is -0.444 e. The first-order chi connectivity index (χ1) is 10.2. The predicted octanol–water partition coefficient (Wildman–Crippen LogP) is 0.823. The van der Waals surface area contributed by atoms with E-state index >= 15 is 0 Å². The van der Waals surface area contributed by atoms with E-state index in [-0.39, 0.29) is 25.9 Å². The fourth-order valence-corrected chi connectivity index (χ4v) is 1.88. The molecule has 0 aromatic carbocycles. The summed E-state index contributed by atoms with van der Waals surface area (Å²) >= 11 is 0. The number of carbonyl (C=O) groups excluding carboxylic acids is 4. The second kappa shape index (κ2) is 5.82. The van der Waals surface area contributed by atoms with E-state index in [1.54, 1.807) is 20.8 Å². The third-order valence-electron chi connectivity index (χ3n) is 2.93. The van der Waals surface area contributed by atoms with Crippen molar-refractivity contribution in [3.63, 3.8) is 0 Å². The number of imide groups is 1. The molecule has 0 bridgehead atoms. The first-order valence-electron chi connectivity index (χ1n) is 6.88. The smallest absolute Gasteiger partial charge is 0.444 e. The molecular formula is C13H18N2O7. The highest BCUT2D eigenvalue weighted by atomic mass is 16.8. The summed E-state index contributed by atoms with van der Waals surface area (Å²) in [6.45, 7) is 5.60. The number of hydrogen-bond donors (Lipinski definition) is 0. The molecule has 2 fully saturated rings. The molecule has 0 N–H and O–H groups in total. The van der Waals surface area contributed by atoms with Crippen LogP contribution in [-0.4, -0.2) is 58.8 Å². The summed E-state index contributed by atoms with van der Waals surface area (Å²) in [5, 5.41) is 0.409. The molecule has 2 heterocycles. The van der Waals surface area contributed by atoms with Gasteiger partial charge in [0.25, 0.3) is 11.8 Å². The van der Waals surface area contributed by atoms with Gasteiger partial charge in [-0.3, -0.25) is 14.4 Å². The van der Waals surface area contributed by atoms with Crippen molar-refractivity contribution in [1.29, 1.82) is 0 Å². The van der Waals surface area contributed by atoms with Crippen LogP contribution in [0, 0.1) is 0 Å². The van der Waals surface area contributed by atoms with Crippen molar-refractivity contribution in [2.45, 2.75) is 45.3 Å². The molecule has 122 valence electrons. The summed E-state index contributed by atoms with van der Waals surface area (Å²) in [5.41, 5.74) is -0.599. The molecule has 22 heavy (non-hydrogen) atoms. The summed E-state index contributed by atoms with van der Waals surface area (Å²) in [7, 11) is 0. The average molecular weight is 314 g/mol. The van der Waals surface area contributed by atoms with E-state index in [1.165, 1.54) is 4.90 Å². The standard InChI is InChI=1S/C13H18N2O7/c1-13(2,3)21-11(18)14-6-8(7-14)20-12(19)22-15-9(16)4-5-10(15)17/h8H,4-7H2,1-3H3. The van der Waals surface area contributed by atoms with E-state index < -0.39 is 35.8 Å². The molecule has 2 aliphatic rings. The molecular weight excluding hydrogens is 296 g/mol. The van der Waals surface area contributed by atoms with Gasteiger partial charge in [0.1, 0.15) is 11.7 Å². The first-order valence-corrected chi connectivity index (χ1v) is 6.88. The van der Waals surface area contributed by atoms with Crippen LogP contribution < -0.4 is 0 Å². The lowest BCUT2D eigenvalue weighted by atomic mass is 10.2. The first kappa shape index (κ1) is 16.1. The Morgan fingerprint density at radius 3 is 2.14 bits per heavy atom. The van der Waals surface area contributed by atoms with Crippen molar-refractivity contribution in [3.8, 4) is 0 Å². The molecule has 0 atom stereocenters. The quantitative estimate of drug-likeness (QED) is 0.549. The van der Waals surface area contributed by atoms with Gasteiger partial charge in [-0.25, -0.2) is 9.59 Å². The molecule has 9 heteroatoms. The van der Waals surface area contributed by atoms with Crippen LogP contribution in [0.3, 0.4) is 0 Å². The van der Waals surface area contributed by atoms with Crippen LogP contribution in [0.25, 0.3) is 0 Å². The number of amides is 3. The van der Waals surface area contributed by atoms with Gasteiger partial charge in [-0.1, -0.05) is 5.06 Å². The monoisotopic (exact) mass is 314 g/mol. The average Bonchev–Trinajstić information content (AvgIpc) is 2.62. The molecule has 0 unspecified atom stereocenters. The van der Waals surface area contributed by atoms with E-state index in [9.17, 15) is 19.2 Å². The van der Waals surface area contributed by atoms with Gasteiger partial charge >= 0.3 is 12.2 Å². The van der Waals surface area contributed by atoms with Crippen molar-refractivity contribution < 1.29 is 33.5 Å². The molecule has 9 nitrogen and oxygen atoms in total. The van der Waals surface area contributed by atoms with Crippen LogP contribution in [0.2, 0.25) is 0 Å². The van der Waals surface area contributed by atoms with Crippen molar-refractivity contribution in [1.82, 2.24) is 9.96 Å². The van der Waals surface area contributed by atoms with Crippen LogP contribution in [0.5, 0.6) is 0 Å². The lowest BCUT2D eigenvalue weighted by Gasteiger charge is -2.38. The second-order valence-corrected chi connectivity index (χ2v) is 6.05. The van der Waals surface area contributed by atoms with E-state index in [0.717, 1.165) is 0 Å². The van der Waals surface area contributed by atoms with Gasteiger partial charge in [0, 0.05) is 12.8 Å². The Labute approximate surface area is 127 Å². The SMILES string of the molecule is CC(C)(C)OC(=O)N1CC(OC(=O)ON2C(=O)CCC2=O)C1. The molecule has 0 saturated carbocycles. The second-order valence-electron chi connectivity index (χ2n) is 6.05. The highest BCUT2D eigenvalue weighted by molar-refractivity contribution is 6.01.